The van der Waals surface area contributed by atoms with Gasteiger partial charge in [-0.15, -0.1) is 23.2 Å². The van der Waals surface area contributed by atoms with Gasteiger partial charge in [-0.25, -0.2) is 9.97 Å². The van der Waals surface area contributed by atoms with Crippen molar-refractivity contribution in [3.05, 3.63) is 58.1 Å². The fourth-order valence-corrected chi connectivity index (χ4v) is 2.25. The van der Waals surface area contributed by atoms with Gasteiger partial charge < -0.3 is 14.6 Å². The zero-order chi connectivity index (χ0) is 19.9. The van der Waals surface area contributed by atoms with Crippen LogP contribution in [-0.4, -0.2) is 33.3 Å². The van der Waals surface area contributed by atoms with Gasteiger partial charge in [-0.05, 0) is 42.5 Å². The number of aromatic nitrogens is 2. The van der Waals surface area contributed by atoms with Crippen molar-refractivity contribution >= 4 is 46.4 Å². The minimum Gasteiger partial charge on any atom is -0.392 e. The van der Waals surface area contributed by atoms with Gasteiger partial charge in [0.15, 0.2) is 6.29 Å². The fourth-order valence-electron chi connectivity index (χ4n) is 2.02. The molecule has 0 radical (unpaired) electrons. The third-order valence-corrected chi connectivity index (χ3v) is 3.78. The van der Waals surface area contributed by atoms with Gasteiger partial charge in [0.25, 0.3) is 0 Å². The van der Waals surface area contributed by atoms with Gasteiger partial charge in [-0.2, -0.15) is 0 Å². The smallest absolute Gasteiger partial charge is 0.158 e. The molecule has 3 heterocycles. The van der Waals surface area contributed by atoms with Crippen LogP contribution in [-0.2, 0) is 22.7 Å². The lowest BCUT2D eigenvalue weighted by molar-refractivity contribution is -0.168. The molecule has 1 aliphatic rings. The molecule has 5 nitrogen and oxygen atoms in total. The second-order valence-corrected chi connectivity index (χ2v) is 6.93. The fraction of sp³-hybridized carbons (Fsp3) is 0.444. The molecule has 150 valence electrons. The van der Waals surface area contributed by atoms with Crippen molar-refractivity contribution in [3.8, 4) is 0 Å². The largest absolute Gasteiger partial charge is 0.392 e. The highest BCUT2D eigenvalue weighted by atomic mass is 35.5. The quantitative estimate of drug-likeness (QED) is 0.492. The number of halogens is 4. The third-order valence-electron chi connectivity index (χ3n) is 3.33. The van der Waals surface area contributed by atoms with Crippen molar-refractivity contribution < 1.29 is 14.6 Å². The number of rotatable bonds is 4. The second kappa shape index (κ2) is 15.3. The Hall–Kier alpha value is -0.660. The number of hydrogen-bond donors (Lipinski definition) is 1. The molecule has 1 aliphatic heterocycles. The number of alkyl halides is 2. The van der Waals surface area contributed by atoms with Gasteiger partial charge >= 0.3 is 0 Å². The van der Waals surface area contributed by atoms with E-state index in [-0.39, 0.29) is 18.2 Å². The standard InChI is InChI=1S/C11H14ClNO2.C6H6ClNO.CH2Cl2/c12-10-5-4-9(7-13-10)8-15-11-3-1-2-6-14-11;7-6-2-1-5(4-9)3-8-6;2-1-3/h4-5,7,11H,1-3,6,8H2;1-3,9H,4H2;1H2. The average molecular weight is 456 g/mol. The maximum Gasteiger partial charge on any atom is 0.158 e. The van der Waals surface area contributed by atoms with Crippen molar-refractivity contribution in [3.63, 3.8) is 0 Å². The van der Waals surface area contributed by atoms with E-state index in [1.165, 1.54) is 6.42 Å². The van der Waals surface area contributed by atoms with E-state index < -0.39 is 0 Å². The Morgan fingerprint density at radius 2 is 1.59 bits per heavy atom. The molecule has 2 aromatic heterocycles. The monoisotopic (exact) mass is 454 g/mol. The summed E-state index contributed by atoms with van der Waals surface area (Å²) in [5.41, 5.74) is 1.80. The summed E-state index contributed by atoms with van der Waals surface area (Å²) < 4.78 is 11.1. The predicted molar refractivity (Wildman–Crippen MR) is 109 cm³/mol. The molecular formula is C18H22Cl4N2O3. The van der Waals surface area contributed by atoms with E-state index in [0.29, 0.717) is 16.9 Å². The van der Waals surface area contributed by atoms with Crippen LogP contribution in [0.25, 0.3) is 0 Å². The normalized spacial score (nSPS) is 15.8. The Morgan fingerprint density at radius 1 is 1.00 bits per heavy atom. The maximum absolute atomic E-state index is 8.55. The third kappa shape index (κ3) is 11.7. The van der Waals surface area contributed by atoms with Gasteiger partial charge in [-0.3, -0.25) is 0 Å². The summed E-state index contributed by atoms with van der Waals surface area (Å²) in [5, 5.41) is 9.70. The van der Waals surface area contributed by atoms with Crippen molar-refractivity contribution in [1.82, 2.24) is 9.97 Å². The van der Waals surface area contributed by atoms with Crippen molar-refractivity contribution in [2.75, 3.05) is 11.9 Å². The molecule has 1 saturated heterocycles. The van der Waals surface area contributed by atoms with Crippen molar-refractivity contribution in [2.24, 2.45) is 0 Å². The first-order valence-electron chi connectivity index (χ1n) is 8.26. The van der Waals surface area contributed by atoms with Crippen LogP contribution in [0, 0.1) is 0 Å². The number of pyridine rings is 2. The molecule has 1 fully saturated rings. The van der Waals surface area contributed by atoms with E-state index in [2.05, 4.69) is 9.97 Å². The minimum absolute atomic E-state index is 0.0180. The predicted octanol–water partition coefficient (Wildman–Crippen LogP) is 5.43. The summed E-state index contributed by atoms with van der Waals surface area (Å²) in [6, 6.07) is 7.06. The Kier molecular flexibility index (Phi) is 13.8. The summed E-state index contributed by atoms with van der Waals surface area (Å²) in [5.74, 6) is 0. The Bertz CT molecular complexity index is 609. The Labute approximate surface area is 179 Å². The van der Waals surface area contributed by atoms with E-state index in [4.69, 9.17) is 61.0 Å². The van der Waals surface area contributed by atoms with Gasteiger partial charge in [0.05, 0.1) is 18.6 Å². The van der Waals surface area contributed by atoms with Gasteiger partial charge in [0.2, 0.25) is 0 Å². The van der Waals surface area contributed by atoms with E-state index in [1.54, 1.807) is 30.6 Å². The molecule has 0 amide bonds. The van der Waals surface area contributed by atoms with E-state index in [1.807, 2.05) is 6.07 Å². The van der Waals surface area contributed by atoms with E-state index in [0.717, 1.165) is 30.6 Å². The Morgan fingerprint density at radius 3 is 2.04 bits per heavy atom. The number of nitrogens with zero attached hydrogens (tertiary/aromatic N) is 2. The molecule has 1 N–H and O–H groups in total. The molecule has 27 heavy (non-hydrogen) atoms. The van der Waals surface area contributed by atoms with Crippen molar-refractivity contribution in [2.45, 2.75) is 38.8 Å². The molecule has 0 aromatic carbocycles. The van der Waals surface area contributed by atoms with Crippen LogP contribution in [0.2, 0.25) is 10.3 Å². The molecule has 2 aromatic rings. The highest BCUT2D eigenvalue weighted by Crippen LogP contribution is 2.15. The van der Waals surface area contributed by atoms with Gasteiger partial charge in [-0.1, -0.05) is 35.3 Å². The lowest BCUT2D eigenvalue weighted by atomic mass is 10.2. The average Bonchev–Trinajstić information content (AvgIpc) is 2.70. The van der Waals surface area contributed by atoms with Crippen LogP contribution >= 0.6 is 46.4 Å². The number of aliphatic hydroxyl groups excluding tert-OH is 1. The first-order chi connectivity index (χ1) is 13.1. The van der Waals surface area contributed by atoms with Crippen LogP contribution in [0.5, 0.6) is 0 Å². The highest BCUT2D eigenvalue weighted by Gasteiger charge is 2.13. The number of hydrogen-bond acceptors (Lipinski definition) is 5. The SMILES string of the molecule is ClCCl.Clc1ccc(COC2CCCCO2)cn1.OCc1ccc(Cl)nc1. The maximum atomic E-state index is 8.55. The minimum atomic E-state index is -0.0468. The van der Waals surface area contributed by atoms with E-state index in [9.17, 15) is 0 Å². The molecule has 1 atom stereocenters. The zero-order valence-electron chi connectivity index (χ0n) is 14.7. The van der Waals surface area contributed by atoms with Crippen LogP contribution in [0.4, 0.5) is 0 Å². The van der Waals surface area contributed by atoms with Crippen molar-refractivity contribution in [1.29, 1.82) is 0 Å². The summed E-state index contributed by atoms with van der Waals surface area (Å²) in [4.78, 5) is 7.74. The summed E-state index contributed by atoms with van der Waals surface area (Å²) in [6.07, 6.45) is 6.54. The molecule has 1 unspecified atom stereocenters. The summed E-state index contributed by atoms with van der Waals surface area (Å²) in [6.45, 7) is 1.36. The molecule has 0 saturated carbocycles. The highest BCUT2D eigenvalue weighted by molar-refractivity contribution is 6.40. The molecule has 0 bridgehead atoms. The molecule has 0 aliphatic carbocycles. The van der Waals surface area contributed by atoms with Gasteiger partial charge in [0, 0.05) is 19.0 Å². The molecule has 0 spiro atoms. The number of ether oxygens (including phenoxy) is 2. The number of aliphatic hydroxyl groups is 1. The lowest BCUT2D eigenvalue weighted by Gasteiger charge is -2.22. The first-order valence-corrected chi connectivity index (χ1v) is 10.1. The van der Waals surface area contributed by atoms with Crippen LogP contribution in [0.15, 0.2) is 36.7 Å². The van der Waals surface area contributed by atoms with Crippen LogP contribution in [0.1, 0.15) is 30.4 Å². The first kappa shape index (κ1) is 24.4. The van der Waals surface area contributed by atoms with E-state index >= 15 is 0 Å². The Balaban J connectivity index is 0.000000259. The lowest BCUT2D eigenvalue weighted by Crippen LogP contribution is -2.22. The topological polar surface area (TPSA) is 64.5 Å². The second-order valence-electron chi connectivity index (χ2n) is 5.34. The molecule has 3 rings (SSSR count). The van der Waals surface area contributed by atoms with Gasteiger partial charge in [0.1, 0.15) is 10.3 Å². The summed E-state index contributed by atoms with van der Waals surface area (Å²) in [7, 11) is 0. The molecule has 9 heteroatoms. The summed E-state index contributed by atoms with van der Waals surface area (Å²) >= 11 is 20.7. The van der Waals surface area contributed by atoms with Crippen LogP contribution in [0.3, 0.4) is 0 Å². The molecular weight excluding hydrogens is 434 g/mol. The zero-order valence-corrected chi connectivity index (χ0v) is 17.7. The van der Waals surface area contributed by atoms with Crippen LogP contribution < -0.4 is 0 Å².